The van der Waals surface area contributed by atoms with Crippen molar-refractivity contribution in [1.29, 1.82) is 0 Å². The molecule has 1 aromatic heterocycles. The molecule has 7 heteroatoms. The molecule has 2 aromatic rings. The van der Waals surface area contributed by atoms with Gasteiger partial charge >= 0.3 is 0 Å². The van der Waals surface area contributed by atoms with E-state index in [1.807, 2.05) is 56.9 Å². The summed E-state index contributed by atoms with van der Waals surface area (Å²) in [5.41, 5.74) is 2.12. The van der Waals surface area contributed by atoms with Gasteiger partial charge in [0.25, 0.3) is 0 Å². The first-order valence-corrected chi connectivity index (χ1v) is 9.85. The van der Waals surface area contributed by atoms with Crippen LogP contribution in [0.3, 0.4) is 0 Å². The Balaban J connectivity index is 1.76. The number of aromatic amines is 1. The summed E-state index contributed by atoms with van der Waals surface area (Å²) in [5.74, 6) is 1.68. The predicted octanol–water partition coefficient (Wildman–Crippen LogP) is 2.47. The summed E-state index contributed by atoms with van der Waals surface area (Å²) in [6.45, 7) is 8.37. The van der Waals surface area contributed by atoms with Gasteiger partial charge in [0, 0.05) is 19.0 Å². The number of hydrogen-bond donors (Lipinski definition) is 2. The maximum Gasteiger partial charge on any atom is 0.227 e. The van der Waals surface area contributed by atoms with Crippen LogP contribution < -0.4 is 5.32 Å². The highest BCUT2D eigenvalue weighted by atomic mass is 16.2. The zero-order valence-electron chi connectivity index (χ0n) is 17.0. The van der Waals surface area contributed by atoms with Crippen LogP contribution in [-0.4, -0.2) is 44.5 Å². The third kappa shape index (κ3) is 4.77. The lowest BCUT2D eigenvalue weighted by molar-refractivity contribution is -0.132. The van der Waals surface area contributed by atoms with E-state index in [0.717, 1.165) is 11.1 Å². The van der Waals surface area contributed by atoms with Gasteiger partial charge in [0.2, 0.25) is 11.8 Å². The molecule has 1 aliphatic rings. The quantitative estimate of drug-likeness (QED) is 0.802. The van der Waals surface area contributed by atoms with E-state index in [1.165, 1.54) is 0 Å². The van der Waals surface area contributed by atoms with Crippen LogP contribution in [-0.2, 0) is 16.0 Å². The number of H-pyrrole nitrogens is 1. The number of aryl methyl sites for hydroxylation is 2. The molecule has 0 saturated carbocycles. The van der Waals surface area contributed by atoms with Crippen LogP contribution in [0.25, 0.3) is 0 Å². The highest BCUT2D eigenvalue weighted by Gasteiger charge is 2.38. The van der Waals surface area contributed by atoms with Crippen LogP contribution in [0.4, 0.5) is 0 Å². The molecule has 1 fully saturated rings. The molecule has 0 radical (unpaired) electrons. The highest BCUT2D eigenvalue weighted by Crippen LogP contribution is 2.31. The molecular formula is C21H29N5O2. The lowest BCUT2D eigenvalue weighted by Crippen LogP contribution is -2.39. The molecule has 0 aliphatic carbocycles. The summed E-state index contributed by atoms with van der Waals surface area (Å²) in [6.07, 6.45) is 1.44. The molecule has 150 valence electrons. The Labute approximate surface area is 165 Å². The van der Waals surface area contributed by atoms with Crippen molar-refractivity contribution in [3.05, 3.63) is 47.0 Å². The second kappa shape index (κ2) is 8.54. The Morgan fingerprint density at radius 2 is 2.04 bits per heavy atom. The maximum absolute atomic E-state index is 13.1. The van der Waals surface area contributed by atoms with Crippen LogP contribution in [0.2, 0.25) is 0 Å². The number of rotatable bonds is 6. The number of amides is 2. The Hall–Kier alpha value is -2.70. The number of nitrogens with zero attached hydrogens (tertiary/aromatic N) is 3. The first-order valence-electron chi connectivity index (χ1n) is 9.85. The van der Waals surface area contributed by atoms with Crippen molar-refractivity contribution in [1.82, 2.24) is 25.4 Å². The molecule has 28 heavy (non-hydrogen) atoms. The summed E-state index contributed by atoms with van der Waals surface area (Å²) in [5, 5.41) is 10.2. The molecule has 3 rings (SSSR count). The minimum Gasteiger partial charge on any atom is -0.351 e. The van der Waals surface area contributed by atoms with Crippen molar-refractivity contribution in [2.24, 2.45) is 5.92 Å². The van der Waals surface area contributed by atoms with Gasteiger partial charge in [-0.15, -0.1) is 0 Å². The zero-order chi connectivity index (χ0) is 20.3. The molecule has 1 aromatic carbocycles. The largest absolute Gasteiger partial charge is 0.351 e. The van der Waals surface area contributed by atoms with Crippen molar-refractivity contribution in [2.45, 2.75) is 59.0 Å². The molecule has 1 saturated heterocycles. The van der Waals surface area contributed by atoms with Crippen LogP contribution in [0.5, 0.6) is 0 Å². The third-order valence-corrected chi connectivity index (χ3v) is 5.10. The van der Waals surface area contributed by atoms with E-state index in [4.69, 9.17) is 0 Å². The Morgan fingerprint density at radius 1 is 1.29 bits per heavy atom. The SMILES string of the molecule is Cc1nc(C2CC(NC(=O)CC(C)C)CN2C(=O)Cc2ccccc2C)n[nH]1. The fourth-order valence-corrected chi connectivity index (χ4v) is 3.70. The molecule has 2 N–H and O–H groups in total. The van der Waals surface area contributed by atoms with E-state index >= 15 is 0 Å². The van der Waals surface area contributed by atoms with Gasteiger partial charge in [-0.3, -0.25) is 14.7 Å². The van der Waals surface area contributed by atoms with Crippen molar-refractivity contribution >= 4 is 11.8 Å². The molecule has 2 heterocycles. The molecule has 2 atom stereocenters. The number of likely N-dealkylation sites (tertiary alicyclic amines) is 1. The number of aromatic nitrogens is 3. The predicted molar refractivity (Wildman–Crippen MR) is 106 cm³/mol. The fraction of sp³-hybridized carbons (Fsp3) is 0.524. The third-order valence-electron chi connectivity index (χ3n) is 5.10. The average Bonchev–Trinajstić information content (AvgIpc) is 3.22. The molecule has 2 amide bonds. The summed E-state index contributed by atoms with van der Waals surface area (Å²) < 4.78 is 0. The molecule has 2 unspecified atom stereocenters. The van der Waals surface area contributed by atoms with Gasteiger partial charge in [-0.05, 0) is 37.3 Å². The van der Waals surface area contributed by atoms with Gasteiger partial charge in [-0.1, -0.05) is 38.1 Å². The molecular weight excluding hydrogens is 354 g/mol. The Bertz CT molecular complexity index is 845. The number of carbonyl (C=O) groups excluding carboxylic acids is 2. The standard InChI is InChI=1S/C21H29N5O2/c1-13(2)9-19(27)23-17-11-18(21-22-15(4)24-25-21)26(12-17)20(28)10-16-8-6-5-7-14(16)3/h5-8,13,17-18H,9-12H2,1-4H3,(H,23,27)(H,22,24,25). The van der Waals surface area contributed by atoms with Gasteiger partial charge in [-0.2, -0.15) is 5.10 Å². The van der Waals surface area contributed by atoms with Gasteiger partial charge in [0.1, 0.15) is 5.82 Å². The zero-order valence-corrected chi connectivity index (χ0v) is 17.0. The Kier molecular flexibility index (Phi) is 6.11. The van der Waals surface area contributed by atoms with E-state index in [1.54, 1.807) is 0 Å². The van der Waals surface area contributed by atoms with Crippen molar-refractivity contribution < 1.29 is 9.59 Å². The van der Waals surface area contributed by atoms with Gasteiger partial charge in [-0.25, -0.2) is 4.98 Å². The lowest BCUT2D eigenvalue weighted by Gasteiger charge is -2.23. The first-order chi connectivity index (χ1) is 13.3. The summed E-state index contributed by atoms with van der Waals surface area (Å²) in [6, 6.07) is 7.60. The minimum atomic E-state index is -0.231. The lowest BCUT2D eigenvalue weighted by atomic mass is 10.0. The monoisotopic (exact) mass is 383 g/mol. The van der Waals surface area contributed by atoms with E-state index in [-0.39, 0.29) is 23.9 Å². The van der Waals surface area contributed by atoms with Gasteiger partial charge in [0.15, 0.2) is 5.82 Å². The average molecular weight is 383 g/mol. The van der Waals surface area contributed by atoms with E-state index in [2.05, 4.69) is 20.5 Å². The number of hydrogen-bond acceptors (Lipinski definition) is 4. The number of carbonyl (C=O) groups is 2. The van der Waals surface area contributed by atoms with Gasteiger partial charge in [0.05, 0.1) is 12.5 Å². The first kappa shape index (κ1) is 20.0. The number of benzene rings is 1. The molecule has 1 aliphatic heterocycles. The summed E-state index contributed by atoms with van der Waals surface area (Å²) >= 11 is 0. The second-order valence-electron chi connectivity index (χ2n) is 8.04. The van der Waals surface area contributed by atoms with Crippen LogP contribution in [0.15, 0.2) is 24.3 Å². The summed E-state index contributed by atoms with van der Waals surface area (Å²) in [7, 11) is 0. The summed E-state index contributed by atoms with van der Waals surface area (Å²) in [4.78, 5) is 31.6. The molecule has 7 nitrogen and oxygen atoms in total. The Morgan fingerprint density at radius 3 is 2.68 bits per heavy atom. The van der Waals surface area contributed by atoms with E-state index in [9.17, 15) is 9.59 Å². The fourth-order valence-electron chi connectivity index (χ4n) is 3.70. The minimum absolute atomic E-state index is 0.0260. The van der Waals surface area contributed by atoms with Crippen LogP contribution in [0.1, 0.15) is 55.5 Å². The topological polar surface area (TPSA) is 91.0 Å². The maximum atomic E-state index is 13.1. The van der Waals surface area contributed by atoms with Crippen LogP contribution >= 0.6 is 0 Å². The smallest absolute Gasteiger partial charge is 0.227 e. The molecule has 0 bridgehead atoms. The second-order valence-corrected chi connectivity index (χ2v) is 8.04. The van der Waals surface area contributed by atoms with Gasteiger partial charge < -0.3 is 10.2 Å². The van der Waals surface area contributed by atoms with E-state index in [0.29, 0.717) is 43.4 Å². The van der Waals surface area contributed by atoms with Crippen molar-refractivity contribution in [3.8, 4) is 0 Å². The van der Waals surface area contributed by atoms with Crippen LogP contribution in [0, 0.1) is 19.8 Å². The normalized spacial score (nSPS) is 19.2. The van der Waals surface area contributed by atoms with Crippen molar-refractivity contribution in [3.63, 3.8) is 0 Å². The van der Waals surface area contributed by atoms with Crippen molar-refractivity contribution in [2.75, 3.05) is 6.54 Å². The number of nitrogens with one attached hydrogen (secondary N) is 2. The van der Waals surface area contributed by atoms with E-state index < -0.39 is 0 Å². The molecule has 0 spiro atoms. The highest BCUT2D eigenvalue weighted by molar-refractivity contribution is 5.80.